The van der Waals surface area contributed by atoms with Gasteiger partial charge in [-0.25, -0.2) is 13.1 Å². The van der Waals surface area contributed by atoms with Gasteiger partial charge in [0, 0.05) is 32.4 Å². The van der Waals surface area contributed by atoms with Crippen molar-refractivity contribution >= 4 is 15.7 Å². The molecule has 1 aliphatic rings. The van der Waals surface area contributed by atoms with E-state index in [-0.39, 0.29) is 11.8 Å². The van der Waals surface area contributed by atoms with E-state index in [0.29, 0.717) is 6.54 Å². The third kappa shape index (κ3) is 5.06. The highest BCUT2D eigenvalue weighted by Gasteiger charge is 2.24. The zero-order valence-corrected chi connectivity index (χ0v) is 14.8. The van der Waals surface area contributed by atoms with Gasteiger partial charge in [-0.1, -0.05) is 18.2 Å². The molecular formula is C17H27N3O2S. The van der Waals surface area contributed by atoms with Crippen molar-refractivity contribution in [2.75, 3.05) is 44.4 Å². The van der Waals surface area contributed by atoms with Gasteiger partial charge in [-0.3, -0.25) is 4.90 Å². The summed E-state index contributed by atoms with van der Waals surface area (Å²) in [6, 6.07) is 8.43. The average molecular weight is 337 g/mol. The number of hydrogen-bond acceptors (Lipinski definition) is 4. The maximum absolute atomic E-state index is 11.9. The molecule has 0 amide bonds. The second-order valence-electron chi connectivity index (χ2n) is 6.16. The number of likely N-dealkylation sites (tertiary alicyclic amines) is 1. The Kier molecular flexibility index (Phi) is 6.21. The van der Waals surface area contributed by atoms with E-state index in [1.165, 1.54) is 18.9 Å². The van der Waals surface area contributed by atoms with Crippen LogP contribution in [0.4, 0.5) is 5.69 Å². The van der Waals surface area contributed by atoms with E-state index in [9.17, 15) is 8.42 Å². The molecule has 23 heavy (non-hydrogen) atoms. The number of nitrogens with one attached hydrogen (secondary N) is 1. The highest BCUT2D eigenvalue weighted by molar-refractivity contribution is 7.89. The van der Waals surface area contributed by atoms with E-state index in [0.717, 1.165) is 24.3 Å². The van der Waals surface area contributed by atoms with Crippen molar-refractivity contribution in [3.63, 3.8) is 0 Å². The molecule has 1 saturated heterocycles. The summed E-state index contributed by atoms with van der Waals surface area (Å²) in [6.45, 7) is 5.94. The number of rotatable bonds is 8. The molecule has 1 aromatic carbocycles. The van der Waals surface area contributed by atoms with Crippen molar-refractivity contribution in [3.8, 4) is 0 Å². The Hall–Kier alpha value is -1.37. The van der Waals surface area contributed by atoms with Gasteiger partial charge in [0.2, 0.25) is 10.0 Å². The van der Waals surface area contributed by atoms with Crippen LogP contribution in [0.2, 0.25) is 0 Å². The van der Waals surface area contributed by atoms with E-state index in [1.54, 1.807) is 0 Å². The number of anilines is 1. The first-order chi connectivity index (χ1) is 10.9. The van der Waals surface area contributed by atoms with Crippen molar-refractivity contribution in [2.24, 2.45) is 0 Å². The average Bonchev–Trinajstić information content (AvgIpc) is 3.02. The van der Waals surface area contributed by atoms with Crippen molar-refractivity contribution in [2.45, 2.75) is 18.9 Å². The van der Waals surface area contributed by atoms with E-state index >= 15 is 0 Å². The highest BCUT2D eigenvalue weighted by Crippen LogP contribution is 2.26. The van der Waals surface area contributed by atoms with E-state index < -0.39 is 10.0 Å². The van der Waals surface area contributed by atoms with E-state index in [1.807, 2.05) is 14.1 Å². The standard InChI is InChI=1S/C17H27N3O2S/c1-4-13-23(21,22)18-14-17(20-11-5-6-12-20)15-7-9-16(10-8-15)19(2)3/h4,7-10,17-18H,1,5-6,11-14H2,2-3H3. The van der Waals surface area contributed by atoms with Crippen LogP contribution in [0.1, 0.15) is 24.4 Å². The maximum atomic E-state index is 11.9. The largest absolute Gasteiger partial charge is 0.378 e. The summed E-state index contributed by atoms with van der Waals surface area (Å²) in [6.07, 6.45) is 3.76. The summed E-state index contributed by atoms with van der Waals surface area (Å²) in [5.41, 5.74) is 2.29. The Morgan fingerprint density at radius 3 is 2.39 bits per heavy atom. The Balaban J connectivity index is 2.15. The zero-order chi connectivity index (χ0) is 16.9. The quantitative estimate of drug-likeness (QED) is 0.737. The summed E-state index contributed by atoms with van der Waals surface area (Å²) >= 11 is 0. The van der Waals surface area contributed by atoms with Gasteiger partial charge < -0.3 is 4.90 Å². The van der Waals surface area contributed by atoms with Crippen molar-refractivity contribution in [3.05, 3.63) is 42.5 Å². The molecule has 1 unspecified atom stereocenters. The lowest BCUT2D eigenvalue weighted by atomic mass is 10.1. The Labute approximate surface area is 140 Å². The van der Waals surface area contributed by atoms with Crippen LogP contribution >= 0.6 is 0 Å². The highest BCUT2D eigenvalue weighted by atomic mass is 32.2. The number of benzene rings is 1. The van der Waals surface area contributed by atoms with Crippen molar-refractivity contribution in [1.82, 2.24) is 9.62 Å². The molecule has 1 aliphatic heterocycles. The fourth-order valence-corrected chi connectivity index (χ4v) is 3.77. The Morgan fingerprint density at radius 1 is 1.26 bits per heavy atom. The molecule has 0 radical (unpaired) electrons. The normalized spacial score (nSPS) is 17.1. The molecule has 5 nitrogen and oxygen atoms in total. The number of nitrogens with zero attached hydrogens (tertiary/aromatic N) is 2. The minimum absolute atomic E-state index is 0.0424. The smallest absolute Gasteiger partial charge is 0.215 e. The second kappa shape index (κ2) is 7.95. The molecule has 128 valence electrons. The summed E-state index contributed by atoms with van der Waals surface area (Å²) in [5.74, 6) is -0.0424. The van der Waals surface area contributed by atoms with Gasteiger partial charge in [0.1, 0.15) is 0 Å². The summed E-state index contributed by atoms with van der Waals surface area (Å²) in [4.78, 5) is 4.42. The van der Waals surface area contributed by atoms with Gasteiger partial charge in [0.05, 0.1) is 5.75 Å². The molecule has 1 fully saturated rings. The Bertz CT molecular complexity index is 605. The van der Waals surface area contributed by atoms with Gasteiger partial charge in [-0.15, -0.1) is 6.58 Å². The monoisotopic (exact) mass is 337 g/mol. The molecule has 0 bridgehead atoms. The minimum atomic E-state index is -3.29. The first-order valence-electron chi connectivity index (χ1n) is 8.02. The zero-order valence-electron chi connectivity index (χ0n) is 14.0. The van der Waals surface area contributed by atoms with Gasteiger partial charge >= 0.3 is 0 Å². The molecule has 0 aliphatic carbocycles. The van der Waals surface area contributed by atoms with Crippen LogP contribution in [0.15, 0.2) is 36.9 Å². The lowest BCUT2D eigenvalue weighted by Gasteiger charge is -2.28. The summed E-state index contributed by atoms with van der Waals surface area (Å²) in [5, 5.41) is 0. The molecule has 1 heterocycles. The summed E-state index contributed by atoms with van der Waals surface area (Å²) < 4.78 is 26.6. The number of hydrogen-bond donors (Lipinski definition) is 1. The molecule has 1 aromatic rings. The molecule has 1 N–H and O–H groups in total. The molecule has 2 rings (SSSR count). The fraction of sp³-hybridized carbons (Fsp3) is 0.529. The molecular weight excluding hydrogens is 310 g/mol. The van der Waals surface area contributed by atoms with E-state index in [2.05, 4.69) is 45.4 Å². The second-order valence-corrected chi connectivity index (χ2v) is 8.01. The topological polar surface area (TPSA) is 52.7 Å². The predicted molar refractivity (Wildman–Crippen MR) is 96.3 cm³/mol. The molecule has 0 spiro atoms. The van der Waals surface area contributed by atoms with Crippen LogP contribution in [-0.4, -0.2) is 52.8 Å². The third-order valence-corrected chi connectivity index (χ3v) is 5.49. The van der Waals surface area contributed by atoms with Crippen molar-refractivity contribution < 1.29 is 8.42 Å². The number of sulfonamides is 1. The fourth-order valence-electron chi connectivity index (χ4n) is 2.93. The van der Waals surface area contributed by atoms with Crippen molar-refractivity contribution in [1.29, 1.82) is 0 Å². The first-order valence-corrected chi connectivity index (χ1v) is 9.68. The molecule has 6 heteroatoms. The van der Waals surface area contributed by atoms with Crippen LogP contribution in [0.5, 0.6) is 0 Å². The predicted octanol–water partition coefficient (Wildman–Crippen LogP) is 1.99. The lowest BCUT2D eigenvalue weighted by Crippen LogP contribution is -2.37. The molecule has 1 atom stereocenters. The van der Waals surface area contributed by atoms with Crippen LogP contribution in [0, 0.1) is 0 Å². The van der Waals surface area contributed by atoms with Crippen LogP contribution in [0.3, 0.4) is 0 Å². The van der Waals surface area contributed by atoms with Gasteiger partial charge in [0.25, 0.3) is 0 Å². The lowest BCUT2D eigenvalue weighted by molar-refractivity contribution is 0.246. The van der Waals surface area contributed by atoms with Gasteiger partial charge in [-0.2, -0.15) is 0 Å². The summed E-state index contributed by atoms with van der Waals surface area (Å²) in [7, 11) is 0.732. The van der Waals surface area contributed by atoms with Crippen LogP contribution in [-0.2, 0) is 10.0 Å². The third-order valence-electron chi connectivity index (χ3n) is 4.21. The Morgan fingerprint density at radius 2 is 1.87 bits per heavy atom. The van der Waals surface area contributed by atoms with Crippen LogP contribution in [0.25, 0.3) is 0 Å². The van der Waals surface area contributed by atoms with Gasteiger partial charge in [-0.05, 0) is 43.6 Å². The first kappa shape index (κ1) is 18.0. The maximum Gasteiger partial charge on any atom is 0.215 e. The van der Waals surface area contributed by atoms with Gasteiger partial charge in [0.15, 0.2) is 0 Å². The van der Waals surface area contributed by atoms with E-state index in [4.69, 9.17) is 0 Å². The molecule has 0 saturated carbocycles. The molecule has 0 aromatic heterocycles. The minimum Gasteiger partial charge on any atom is -0.378 e. The van der Waals surface area contributed by atoms with Crippen LogP contribution < -0.4 is 9.62 Å². The SMILES string of the molecule is C=CCS(=O)(=O)NCC(c1ccc(N(C)C)cc1)N1CCCC1.